The summed E-state index contributed by atoms with van der Waals surface area (Å²) in [5.41, 5.74) is 6.99. The van der Waals surface area contributed by atoms with E-state index in [1.165, 1.54) is 17.5 Å². The summed E-state index contributed by atoms with van der Waals surface area (Å²) in [6, 6.07) is 6.72. The van der Waals surface area contributed by atoms with Crippen LogP contribution >= 0.6 is 22.9 Å². The van der Waals surface area contributed by atoms with Crippen molar-refractivity contribution in [3.63, 3.8) is 0 Å². The summed E-state index contributed by atoms with van der Waals surface area (Å²) >= 11 is 7.46. The predicted molar refractivity (Wildman–Crippen MR) is 150 cm³/mol. The van der Waals surface area contributed by atoms with Crippen molar-refractivity contribution in [3.05, 3.63) is 51.7 Å². The van der Waals surface area contributed by atoms with Crippen LogP contribution in [0.4, 0.5) is 22.5 Å². The van der Waals surface area contributed by atoms with Crippen LogP contribution in [0.3, 0.4) is 0 Å². The van der Waals surface area contributed by atoms with Crippen LogP contribution in [-0.2, 0) is 9.53 Å². The highest BCUT2D eigenvalue weighted by Gasteiger charge is 2.20. The molecule has 1 saturated heterocycles. The molecular weight excluding hydrogens is 528 g/mol. The van der Waals surface area contributed by atoms with E-state index >= 15 is 0 Å². The van der Waals surface area contributed by atoms with Crippen molar-refractivity contribution < 1.29 is 14.3 Å². The molecule has 1 amide bonds. The van der Waals surface area contributed by atoms with Crippen LogP contribution in [0.25, 0.3) is 0 Å². The number of thiazole rings is 1. The number of carbonyl (C=O) groups excluding carboxylic acids is 2. The summed E-state index contributed by atoms with van der Waals surface area (Å²) in [5, 5.41) is 7.09. The second kappa shape index (κ2) is 12.5. The zero-order valence-corrected chi connectivity index (χ0v) is 23.1. The summed E-state index contributed by atoms with van der Waals surface area (Å²) in [6.45, 7) is 9.52. The fourth-order valence-electron chi connectivity index (χ4n) is 3.90. The molecule has 4 rings (SSSR count). The highest BCUT2D eigenvalue weighted by Crippen LogP contribution is 2.28. The number of benzene rings is 1. The Hall–Kier alpha value is -3.32. The van der Waals surface area contributed by atoms with Gasteiger partial charge in [0.15, 0.2) is 5.13 Å². The first-order chi connectivity index (χ1) is 18.2. The molecule has 1 aliphatic heterocycles. The zero-order valence-electron chi connectivity index (χ0n) is 21.5. The minimum Gasteiger partial charge on any atom is -0.463 e. The molecule has 0 spiro atoms. The van der Waals surface area contributed by atoms with Crippen molar-refractivity contribution in [2.75, 3.05) is 54.9 Å². The van der Waals surface area contributed by atoms with Crippen molar-refractivity contribution in [1.29, 1.82) is 0 Å². The molecule has 38 heavy (non-hydrogen) atoms. The molecule has 0 aliphatic carbocycles. The number of piperazine rings is 1. The lowest BCUT2D eigenvalue weighted by molar-refractivity contribution is -0.145. The summed E-state index contributed by atoms with van der Waals surface area (Å²) in [7, 11) is 0. The van der Waals surface area contributed by atoms with Gasteiger partial charge in [0.2, 0.25) is 0 Å². The number of nitrogens with one attached hydrogen (secondary N) is 2. The predicted octanol–water partition coefficient (Wildman–Crippen LogP) is 3.21. The Morgan fingerprint density at radius 1 is 1.21 bits per heavy atom. The van der Waals surface area contributed by atoms with Crippen molar-refractivity contribution in [2.24, 2.45) is 5.73 Å². The van der Waals surface area contributed by atoms with Crippen LogP contribution in [0.2, 0.25) is 5.02 Å². The van der Waals surface area contributed by atoms with Crippen molar-refractivity contribution >= 4 is 57.3 Å². The fourth-order valence-corrected chi connectivity index (χ4v) is 4.88. The van der Waals surface area contributed by atoms with Crippen molar-refractivity contribution in [3.8, 4) is 0 Å². The van der Waals surface area contributed by atoms with Crippen molar-refractivity contribution in [2.45, 2.75) is 26.8 Å². The van der Waals surface area contributed by atoms with Gasteiger partial charge in [-0.15, -0.1) is 0 Å². The number of para-hydroxylation sites is 1. The normalized spacial score (nSPS) is 14.7. The van der Waals surface area contributed by atoms with E-state index in [1.54, 1.807) is 13.0 Å². The molecule has 0 radical (unpaired) electrons. The third-order valence-corrected chi connectivity index (χ3v) is 7.20. The molecule has 202 valence electrons. The maximum atomic E-state index is 12.8. The number of ether oxygens (including phenoxy) is 1. The summed E-state index contributed by atoms with van der Waals surface area (Å²) in [4.78, 5) is 42.6. The topological polar surface area (TPSA) is 139 Å². The van der Waals surface area contributed by atoms with Gasteiger partial charge in [-0.2, -0.15) is 0 Å². The van der Waals surface area contributed by atoms with Gasteiger partial charge in [0, 0.05) is 38.8 Å². The Morgan fingerprint density at radius 2 is 1.97 bits per heavy atom. The molecule has 3 aromatic rings. The molecule has 1 fully saturated rings. The molecular formula is C25H31ClN8O3S. The lowest BCUT2D eigenvalue weighted by atomic mass is 10.2. The summed E-state index contributed by atoms with van der Waals surface area (Å²) in [5.74, 6) is 1.37. The zero-order chi connectivity index (χ0) is 27.2. The minimum atomic E-state index is -0.610. The number of aromatic nitrogens is 3. The number of carbonyl (C=O) groups is 2. The third-order valence-electron chi connectivity index (χ3n) is 5.97. The van der Waals surface area contributed by atoms with E-state index in [2.05, 4.69) is 35.4 Å². The van der Waals surface area contributed by atoms with Crippen LogP contribution in [0.1, 0.15) is 28.0 Å². The second-order valence-electron chi connectivity index (χ2n) is 8.98. The summed E-state index contributed by atoms with van der Waals surface area (Å²) in [6.07, 6.45) is 1.52. The first-order valence-corrected chi connectivity index (χ1v) is 13.4. The number of esters is 1. The van der Waals surface area contributed by atoms with Crippen molar-refractivity contribution in [1.82, 2.24) is 19.9 Å². The van der Waals surface area contributed by atoms with Gasteiger partial charge in [0.05, 0.1) is 16.9 Å². The lowest BCUT2D eigenvalue weighted by Crippen LogP contribution is -2.48. The SMILES string of the molecule is Cc1nc(Nc2ncc(C(=O)Nc3c(C)cccc3Cl)s2)cc(N2CCN(CCOC(=O)C(C)N)CC2)n1. The van der Waals surface area contributed by atoms with Crippen LogP contribution in [0.15, 0.2) is 30.5 Å². The number of halogens is 1. The number of nitrogens with two attached hydrogens (primary N) is 1. The summed E-state index contributed by atoms with van der Waals surface area (Å²) < 4.78 is 5.18. The van der Waals surface area contributed by atoms with Crippen LogP contribution in [0.5, 0.6) is 0 Å². The van der Waals surface area contributed by atoms with Gasteiger partial charge in [-0.25, -0.2) is 15.0 Å². The monoisotopic (exact) mass is 558 g/mol. The quantitative estimate of drug-likeness (QED) is 0.335. The maximum absolute atomic E-state index is 12.8. The lowest BCUT2D eigenvalue weighted by Gasteiger charge is -2.35. The highest BCUT2D eigenvalue weighted by molar-refractivity contribution is 7.17. The van der Waals surface area contributed by atoms with Gasteiger partial charge in [0.25, 0.3) is 5.91 Å². The van der Waals surface area contributed by atoms with E-state index in [-0.39, 0.29) is 11.9 Å². The molecule has 0 bridgehead atoms. The van der Waals surface area contributed by atoms with Gasteiger partial charge in [-0.1, -0.05) is 35.1 Å². The van der Waals surface area contributed by atoms with Gasteiger partial charge < -0.3 is 26.0 Å². The molecule has 11 nitrogen and oxygen atoms in total. The number of amides is 1. The number of aryl methyl sites for hydroxylation is 2. The average molecular weight is 559 g/mol. The minimum absolute atomic E-state index is 0.281. The largest absolute Gasteiger partial charge is 0.463 e. The first-order valence-electron chi connectivity index (χ1n) is 12.2. The second-order valence-corrected chi connectivity index (χ2v) is 10.4. The first kappa shape index (κ1) is 27.7. The maximum Gasteiger partial charge on any atom is 0.322 e. The molecule has 13 heteroatoms. The Labute approximate surface area is 230 Å². The Kier molecular flexibility index (Phi) is 9.10. The number of rotatable bonds is 9. The number of hydrogen-bond acceptors (Lipinski definition) is 11. The Balaban J connectivity index is 1.34. The number of hydrogen-bond donors (Lipinski definition) is 3. The molecule has 1 atom stereocenters. The molecule has 2 aromatic heterocycles. The van der Waals surface area contributed by atoms with Crippen LogP contribution < -0.4 is 21.3 Å². The number of nitrogens with zero attached hydrogens (tertiary/aromatic N) is 5. The van der Waals surface area contributed by atoms with E-state index in [4.69, 9.17) is 22.1 Å². The van der Waals surface area contributed by atoms with Gasteiger partial charge in [0.1, 0.15) is 35.0 Å². The Bertz CT molecular complexity index is 1270. The molecule has 1 aliphatic rings. The molecule has 4 N–H and O–H groups in total. The molecule has 3 heterocycles. The average Bonchev–Trinajstić information content (AvgIpc) is 3.34. The standard InChI is InChI=1S/C25H31ClN8O3S/c1-15-5-4-6-18(26)22(15)32-23(35)19-14-28-25(38-19)31-20-13-21(30-17(3)29-20)34-9-7-33(8-10-34)11-12-37-24(36)16(2)27/h4-6,13-14,16H,7-12,27H2,1-3H3,(H,32,35)(H,28,29,30,31). The Morgan fingerprint density at radius 3 is 2.68 bits per heavy atom. The highest BCUT2D eigenvalue weighted by atomic mass is 35.5. The molecule has 1 unspecified atom stereocenters. The van der Waals surface area contributed by atoms with E-state index in [1.807, 2.05) is 32.0 Å². The van der Waals surface area contributed by atoms with E-state index in [0.29, 0.717) is 45.5 Å². The van der Waals surface area contributed by atoms with Gasteiger partial charge >= 0.3 is 5.97 Å². The van der Waals surface area contributed by atoms with E-state index < -0.39 is 6.04 Å². The molecule has 0 saturated carbocycles. The fraction of sp³-hybridized carbons (Fsp3) is 0.400. The third kappa shape index (κ3) is 7.16. The van der Waals surface area contributed by atoms with Crippen LogP contribution in [-0.4, -0.2) is 77.1 Å². The van der Waals surface area contributed by atoms with E-state index in [0.717, 1.165) is 37.6 Å². The van der Waals surface area contributed by atoms with Gasteiger partial charge in [-0.3, -0.25) is 14.5 Å². The molecule has 1 aromatic carbocycles. The number of anilines is 4. The van der Waals surface area contributed by atoms with Crippen LogP contribution in [0, 0.1) is 13.8 Å². The smallest absolute Gasteiger partial charge is 0.322 e. The van der Waals surface area contributed by atoms with E-state index in [9.17, 15) is 9.59 Å². The van der Waals surface area contributed by atoms with Gasteiger partial charge in [-0.05, 0) is 32.4 Å².